The van der Waals surface area contributed by atoms with Crippen molar-refractivity contribution < 1.29 is 9.84 Å². The molecule has 2 rings (SSSR count). The fourth-order valence-electron chi connectivity index (χ4n) is 1.92. The molecule has 120 valence electrons. The summed E-state index contributed by atoms with van der Waals surface area (Å²) in [6.07, 6.45) is 2.87. The Hall–Kier alpha value is -2.67. The molecule has 0 spiro atoms. The van der Waals surface area contributed by atoms with Crippen LogP contribution < -0.4 is 10.3 Å². The number of benzene rings is 1. The molecule has 2 N–H and O–H groups in total. The van der Waals surface area contributed by atoms with Gasteiger partial charge in [0.05, 0.1) is 12.3 Å². The van der Waals surface area contributed by atoms with E-state index in [4.69, 9.17) is 17.0 Å². The molecule has 2 aromatic rings. The summed E-state index contributed by atoms with van der Waals surface area (Å²) in [6, 6.07) is 7.08. The number of allylic oxidation sites excluding steroid dienone is 1. The molecule has 0 bridgehead atoms. The van der Waals surface area contributed by atoms with Crippen molar-refractivity contribution in [3.8, 4) is 11.6 Å². The molecule has 1 aromatic heterocycles. The summed E-state index contributed by atoms with van der Waals surface area (Å²) < 4.78 is 6.84. The van der Waals surface area contributed by atoms with Gasteiger partial charge in [-0.2, -0.15) is 0 Å². The number of nitrogens with zero attached hydrogens (tertiary/aromatic N) is 2. The second kappa shape index (κ2) is 7.55. The number of ether oxygens (including phenoxy) is 1. The van der Waals surface area contributed by atoms with E-state index in [-0.39, 0.29) is 22.8 Å². The lowest BCUT2D eigenvalue weighted by atomic mass is 10.3. The first-order valence-corrected chi connectivity index (χ1v) is 7.41. The summed E-state index contributed by atoms with van der Waals surface area (Å²) >= 11 is 5.01. The van der Waals surface area contributed by atoms with Gasteiger partial charge in [-0.05, 0) is 43.4 Å². The highest BCUT2D eigenvalue weighted by Gasteiger charge is 2.09. The zero-order valence-corrected chi connectivity index (χ0v) is 13.5. The van der Waals surface area contributed by atoms with Crippen LogP contribution in [0, 0.1) is 4.77 Å². The van der Waals surface area contributed by atoms with E-state index in [0.717, 1.165) is 5.75 Å². The fraction of sp³-hybridized carbons (Fsp3) is 0.188. The first kappa shape index (κ1) is 16.7. The molecule has 0 saturated heterocycles. The molecule has 0 radical (unpaired) electrons. The van der Waals surface area contributed by atoms with Crippen molar-refractivity contribution in [2.24, 2.45) is 4.99 Å². The Morgan fingerprint density at radius 2 is 2.13 bits per heavy atom. The molecule has 0 aliphatic carbocycles. The van der Waals surface area contributed by atoms with Gasteiger partial charge in [-0.15, -0.1) is 6.58 Å². The molecule has 7 heteroatoms. The predicted molar refractivity (Wildman–Crippen MR) is 92.6 cm³/mol. The Morgan fingerprint density at radius 3 is 2.74 bits per heavy atom. The highest BCUT2D eigenvalue weighted by Crippen LogP contribution is 2.19. The Balaban J connectivity index is 2.35. The third-order valence-electron chi connectivity index (χ3n) is 3.01. The van der Waals surface area contributed by atoms with Crippen LogP contribution in [-0.2, 0) is 6.54 Å². The SMILES string of the molecule is C=CCn1c(O)c(C=Nc2ccc(OCC)cc2)c(=O)[nH]c1=S. The summed E-state index contributed by atoms with van der Waals surface area (Å²) in [4.78, 5) is 18.6. The quantitative estimate of drug-likeness (QED) is 0.484. The predicted octanol–water partition coefficient (Wildman–Crippen LogP) is 2.95. The summed E-state index contributed by atoms with van der Waals surface area (Å²) in [7, 11) is 0. The van der Waals surface area contributed by atoms with Crippen LogP contribution in [0.1, 0.15) is 12.5 Å². The van der Waals surface area contributed by atoms with Gasteiger partial charge in [-0.25, -0.2) is 0 Å². The van der Waals surface area contributed by atoms with Crippen molar-refractivity contribution >= 4 is 24.1 Å². The number of hydrogen-bond donors (Lipinski definition) is 2. The maximum absolute atomic E-state index is 11.9. The normalized spacial score (nSPS) is 10.8. The molecule has 6 nitrogen and oxygen atoms in total. The lowest BCUT2D eigenvalue weighted by Crippen LogP contribution is -2.18. The lowest BCUT2D eigenvalue weighted by Gasteiger charge is -2.08. The number of aromatic nitrogens is 2. The van der Waals surface area contributed by atoms with Gasteiger partial charge in [0.25, 0.3) is 5.56 Å². The van der Waals surface area contributed by atoms with Crippen molar-refractivity contribution in [3.05, 3.63) is 57.6 Å². The Labute approximate surface area is 138 Å². The van der Waals surface area contributed by atoms with Crippen LogP contribution in [0.15, 0.2) is 46.7 Å². The molecule has 0 saturated carbocycles. The molecule has 23 heavy (non-hydrogen) atoms. The number of H-pyrrole nitrogens is 1. The molecule has 0 fully saturated rings. The number of nitrogens with one attached hydrogen (secondary N) is 1. The number of hydrogen-bond acceptors (Lipinski definition) is 5. The highest BCUT2D eigenvalue weighted by atomic mass is 32.1. The minimum atomic E-state index is -0.498. The van der Waals surface area contributed by atoms with Gasteiger partial charge in [0, 0.05) is 12.8 Å². The third-order valence-corrected chi connectivity index (χ3v) is 3.33. The number of aromatic amines is 1. The molecular formula is C16H17N3O3S. The first-order chi connectivity index (χ1) is 11.1. The maximum atomic E-state index is 11.9. The lowest BCUT2D eigenvalue weighted by molar-refractivity contribution is 0.340. The molecule has 0 amide bonds. The van der Waals surface area contributed by atoms with Crippen molar-refractivity contribution in [2.75, 3.05) is 6.61 Å². The average molecular weight is 331 g/mol. The van der Waals surface area contributed by atoms with Crippen LogP contribution in [0.2, 0.25) is 0 Å². The largest absolute Gasteiger partial charge is 0.494 e. The second-order valence-corrected chi connectivity index (χ2v) is 4.97. The topological polar surface area (TPSA) is 79.6 Å². The van der Waals surface area contributed by atoms with Crippen LogP contribution in [0.3, 0.4) is 0 Å². The van der Waals surface area contributed by atoms with E-state index in [9.17, 15) is 9.90 Å². The zero-order valence-electron chi connectivity index (χ0n) is 12.7. The van der Waals surface area contributed by atoms with Crippen LogP contribution in [0.25, 0.3) is 0 Å². The summed E-state index contributed by atoms with van der Waals surface area (Å²) in [5.41, 5.74) is 0.168. The summed E-state index contributed by atoms with van der Waals surface area (Å²) in [6.45, 7) is 6.37. The number of aliphatic imine (C=N–C) groups is 1. The van der Waals surface area contributed by atoms with E-state index < -0.39 is 5.56 Å². The van der Waals surface area contributed by atoms with E-state index in [1.165, 1.54) is 10.8 Å². The van der Waals surface area contributed by atoms with Gasteiger partial charge < -0.3 is 9.84 Å². The minimum Gasteiger partial charge on any atom is -0.494 e. The van der Waals surface area contributed by atoms with Crippen LogP contribution >= 0.6 is 12.2 Å². The van der Waals surface area contributed by atoms with Crippen LogP contribution in [0.5, 0.6) is 11.6 Å². The summed E-state index contributed by atoms with van der Waals surface area (Å²) in [5, 5.41) is 10.2. The van der Waals surface area contributed by atoms with Crippen molar-refractivity contribution in [3.63, 3.8) is 0 Å². The molecule has 0 unspecified atom stereocenters. The fourth-order valence-corrected chi connectivity index (χ4v) is 2.18. The number of rotatable bonds is 6. The second-order valence-electron chi connectivity index (χ2n) is 4.58. The van der Waals surface area contributed by atoms with Crippen molar-refractivity contribution in [1.29, 1.82) is 0 Å². The van der Waals surface area contributed by atoms with Gasteiger partial charge in [-0.3, -0.25) is 19.3 Å². The standard InChI is InChI=1S/C16H17N3O3S/c1-3-9-19-15(21)13(14(20)18-16(19)23)10-17-11-5-7-12(8-6-11)22-4-2/h3,5-8,10,21H,1,4,9H2,2H3,(H,18,20,23). The van der Waals surface area contributed by atoms with E-state index in [0.29, 0.717) is 12.3 Å². The van der Waals surface area contributed by atoms with Gasteiger partial charge in [-0.1, -0.05) is 6.08 Å². The van der Waals surface area contributed by atoms with Crippen LogP contribution in [0.4, 0.5) is 5.69 Å². The van der Waals surface area contributed by atoms with E-state index in [2.05, 4.69) is 16.6 Å². The third kappa shape index (κ3) is 3.95. The molecule has 0 aliphatic rings. The first-order valence-electron chi connectivity index (χ1n) is 7.00. The van der Waals surface area contributed by atoms with E-state index in [1.807, 2.05) is 6.92 Å². The van der Waals surface area contributed by atoms with Gasteiger partial charge in [0.2, 0.25) is 5.88 Å². The monoisotopic (exact) mass is 331 g/mol. The molecule has 0 aliphatic heterocycles. The minimum absolute atomic E-state index is 0.0364. The molecule has 1 heterocycles. The van der Waals surface area contributed by atoms with Gasteiger partial charge in [0.15, 0.2) is 4.77 Å². The smallest absolute Gasteiger partial charge is 0.264 e. The number of aromatic hydroxyl groups is 1. The van der Waals surface area contributed by atoms with E-state index in [1.54, 1.807) is 30.3 Å². The Morgan fingerprint density at radius 1 is 1.43 bits per heavy atom. The van der Waals surface area contributed by atoms with Crippen molar-refractivity contribution in [2.45, 2.75) is 13.5 Å². The van der Waals surface area contributed by atoms with Gasteiger partial charge >= 0.3 is 0 Å². The molecule has 0 atom stereocenters. The maximum Gasteiger partial charge on any atom is 0.264 e. The Bertz CT molecular complexity index is 835. The van der Waals surface area contributed by atoms with Gasteiger partial charge in [0.1, 0.15) is 11.3 Å². The molecule has 1 aromatic carbocycles. The summed E-state index contributed by atoms with van der Waals surface area (Å²) in [5.74, 6) is 0.500. The zero-order chi connectivity index (χ0) is 16.8. The Kier molecular flexibility index (Phi) is 5.48. The molecular weight excluding hydrogens is 314 g/mol. The van der Waals surface area contributed by atoms with E-state index >= 15 is 0 Å². The van der Waals surface area contributed by atoms with Crippen LogP contribution in [-0.4, -0.2) is 27.5 Å². The average Bonchev–Trinajstić information content (AvgIpc) is 2.53. The van der Waals surface area contributed by atoms with Crippen molar-refractivity contribution in [1.82, 2.24) is 9.55 Å². The highest BCUT2D eigenvalue weighted by molar-refractivity contribution is 7.71.